The van der Waals surface area contributed by atoms with E-state index in [2.05, 4.69) is 15.9 Å². The first kappa shape index (κ1) is 15.9. The monoisotopic (exact) mass is 345 g/mol. The zero-order chi connectivity index (χ0) is 14.6. The summed E-state index contributed by atoms with van der Waals surface area (Å²) in [5, 5.41) is 0. The molecule has 1 saturated carbocycles. The average molecular weight is 346 g/mol. The Morgan fingerprint density at radius 1 is 1.05 bits per heavy atom. The molecule has 1 nitrogen and oxygen atoms in total. The SMILES string of the molecule is NCC1(Cc2c(F)ccc(Br)c2F)CCCCCCC1. The molecular weight excluding hydrogens is 324 g/mol. The molecule has 0 amide bonds. The lowest BCUT2D eigenvalue weighted by Crippen LogP contribution is -2.34. The third-order valence-corrected chi connectivity index (χ3v) is 5.15. The molecule has 0 saturated heterocycles. The summed E-state index contributed by atoms with van der Waals surface area (Å²) in [7, 11) is 0. The van der Waals surface area contributed by atoms with Crippen molar-refractivity contribution in [3.8, 4) is 0 Å². The molecule has 4 heteroatoms. The van der Waals surface area contributed by atoms with Gasteiger partial charge < -0.3 is 5.73 Å². The van der Waals surface area contributed by atoms with E-state index in [-0.39, 0.29) is 11.0 Å². The van der Waals surface area contributed by atoms with Crippen LogP contribution in [0.15, 0.2) is 16.6 Å². The molecule has 0 radical (unpaired) electrons. The van der Waals surface area contributed by atoms with Crippen molar-refractivity contribution < 1.29 is 8.78 Å². The zero-order valence-electron chi connectivity index (χ0n) is 11.7. The highest BCUT2D eigenvalue weighted by Gasteiger charge is 2.31. The molecule has 1 aliphatic carbocycles. The van der Waals surface area contributed by atoms with Crippen LogP contribution in [0.5, 0.6) is 0 Å². The van der Waals surface area contributed by atoms with Gasteiger partial charge in [0.25, 0.3) is 0 Å². The molecule has 20 heavy (non-hydrogen) atoms. The van der Waals surface area contributed by atoms with Gasteiger partial charge in [0.2, 0.25) is 0 Å². The standard InChI is InChI=1S/C16H22BrF2N/c17-13-6-7-14(18)12(15(13)19)10-16(11-20)8-4-2-1-3-5-9-16/h6-7H,1-5,8-11,20H2. The molecule has 0 aromatic heterocycles. The summed E-state index contributed by atoms with van der Waals surface area (Å²) in [6.07, 6.45) is 8.21. The summed E-state index contributed by atoms with van der Waals surface area (Å²) >= 11 is 3.14. The van der Waals surface area contributed by atoms with Crippen LogP contribution in [0, 0.1) is 17.0 Å². The average Bonchev–Trinajstić information content (AvgIpc) is 2.42. The highest BCUT2D eigenvalue weighted by molar-refractivity contribution is 9.10. The van der Waals surface area contributed by atoms with Crippen LogP contribution in [0.3, 0.4) is 0 Å². The number of nitrogens with two attached hydrogens (primary N) is 1. The second kappa shape index (κ2) is 6.99. The fraction of sp³-hybridized carbons (Fsp3) is 0.625. The quantitative estimate of drug-likeness (QED) is 0.769. The van der Waals surface area contributed by atoms with E-state index >= 15 is 0 Å². The molecule has 1 aliphatic rings. The third kappa shape index (κ3) is 3.59. The lowest BCUT2D eigenvalue weighted by molar-refractivity contribution is 0.212. The van der Waals surface area contributed by atoms with Crippen LogP contribution in [-0.2, 0) is 6.42 Å². The zero-order valence-corrected chi connectivity index (χ0v) is 13.3. The highest BCUT2D eigenvalue weighted by Crippen LogP contribution is 2.38. The van der Waals surface area contributed by atoms with Gasteiger partial charge in [-0.3, -0.25) is 0 Å². The lowest BCUT2D eigenvalue weighted by Gasteiger charge is -2.35. The van der Waals surface area contributed by atoms with Gasteiger partial charge in [-0.2, -0.15) is 0 Å². The van der Waals surface area contributed by atoms with Crippen molar-refractivity contribution in [2.45, 2.75) is 51.4 Å². The van der Waals surface area contributed by atoms with Crippen molar-refractivity contribution in [3.05, 3.63) is 33.8 Å². The minimum atomic E-state index is -0.472. The normalized spacial score (nSPS) is 19.4. The molecule has 1 aromatic rings. The largest absolute Gasteiger partial charge is 0.330 e. The Bertz CT molecular complexity index is 454. The van der Waals surface area contributed by atoms with E-state index in [1.165, 1.54) is 31.4 Å². The molecule has 0 bridgehead atoms. The molecule has 0 spiro atoms. The van der Waals surface area contributed by atoms with E-state index in [9.17, 15) is 8.78 Å². The fourth-order valence-electron chi connectivity index (χ4n) is 3.21. The number of benzene rings is 1. The third-order valence-electron chi connectivity index (χ3n) is 4.54. The van der Waals surface area contributed by atoms with Gasteiger partial charge in [0.05, 0.1) is 4.47 Å². The van der Waals surface area contributed by atoms with E-state index in [1.807, 2.05) is 0 Å². The minimum Gasteiger partial charge on any atom is -0.330 e. The molecule has 0 atom stereocenters. The van der Waals surface area contributed by atoms with Gasteiger partial charge in [-0.15, -0.1) is 0 Å². The van der Waals surface area contributed by atoms with E-state index in [4.69, 9.17) is 5.73 Å². The van der Waals surface area contributed by atoms with Gasteiger partial charge in [-0.25, -0.2) is 8.78 Å². The number of halogens is 3. The fourth-order valence-corrected chi connectivity index (χ4v) is 3.59. The molecule has 0 aliphatic heterocycles. The van der Waals surface area contributed by atoms with Gasteiger partial charge in [0.1, 0.15) is 11.6 Å². The Labute approximate surface area is 128 Å². The summed E-state index contributed by atoms with van der Waals surface area (Å²) < 4.78 is 28.5. The first-order valence-electron chi connectivity index (χ1n) is 7.40. The van der Waals surface area contributed by atoms with Gasteiger partial charge in [-0.05, 0) is 59.3 Å². The molecule has 1 fully saturated rings. The summed E-state index contributed by atoms with van der Waals surface area (Å²) in [6.45, 7) is 0.498. The molecule has 112 valence electrons. The Morgan fingerprint density at radius 2 is 1.65 bits per heavy atom. The summed E-state index contributed by atoms with van der Waals surface area (Å²) in [5.41, 5.74) is 6.02. The molecule has 2 rings (SSSR count). The van der Waals surface area contributed by atoms with Crippen LogP contribution in [0.2, 0.25) is 0 Å². The van der Waals surface area contributed by atoms with Crippen molar-refractivity contribution >= 4 is 15.9 Å². The molecule has 2 N–H and O–H groups in total. The first-order chi connectivity index (χ1) is 9.58. The highest BCUT2D eigenvalue weighted by atomic mass is 79.9. The number of hydrogen-bond donors (Lipinski definition) is 1. The van der Waals surface area contributed by atoms with Crippen molar-refractivity contribution in [1.82, 2.24) is 0 Å². The molecular formula is C16H22BrF2N. The van der Waals surface area contributed by atoms with Crippen molar-refractivity contribution in [1.29, 1.82) is 0 Å². The number of hydrogen-bond acceptors (Lipinski definition) is 1. The Balaban J connectivity index is 2.26. The van der Waals surface area contributed by atoms with Crippen molar-refractivity contribution in [3.63, 3.8) is 0 Å². The maximum absolute atomic E-state index is 14.2. The van der Waals surface area contributed by atoms with E-state index < -0.39 is 11.6 Å². The van der Waals surface area contributed by atoms with Crippen molar-refractivity contribution in [2.24, 2.45) is 11.1 Å². The van der Waals surface area contributed by atoms with Gasteiger partial charge in [0, 0.05) is 5.56 Å². The van der Waals surface area contributed by atoms with Gasteiger partial charge in [0.15, 0.2) is 0 Å². The van der Waals surface area contributed by atoms with Crippen LogP contribution in [0.4, 0.5) is 8.78 Å². The van der Waals surface area contributed by atoms with Crippen LogP contribution >= 0.6 is 15.9 Å². The van der Waals surface area contributed by atoms with Gasteiger partial charge >= 0.3 is 0 Å². The van der Waals surface area contributed by atoms with Crippen LogP contribution < -0.4 is 5.73 Å². The van der Waals surface area contributed by atoms with Crippen molar-refractivity contribution in [2.75, 3.05) is 6.54 Å². The van der Waals surface area contributed by atoms with Gasteiger partial charge in [-0.1, -0.05) is 32.1 Å². The molecule has 0 unspecified atom stereocenters. The van der Waals surface area contributed by atoms with Crippen LogP contribution in [0.25, 0.3) is 0 Å². The molecule has 1 aromatic carbocycles. The second-order valence-electron chi connectivity index (χ2n) is 5.97. The Morgan fingerprint density at radius 3 is 2.25 bits per heavy atom. The summed E-state index contributed by atoms with van der Waals surface area (Å²) in [6, 6.07) is 2.75. The minimum absolute atomic E-state index is 0.150. The maximum Gasteiger partial charge on any atom is 0.143 e. The summed E-state index contributed by atoms with van der Waals surface area (Å²) in [4.78, 5) is 0. The van der Waals surface area contributed by atoms with E-state index in [0.29, 0.717) is 17.4 Å². The topological polar surface area (TPSA) is 26.0 Å². The van der Waals surface area contributed by atoms with E-state index in [0.717, 1.165) is 25.7 Å². The second-order valence-corrected chi connectivity index (χ2v) is 6.82. The molecule has 0 heterocycles. The lowest BCUT2D eigenvalue weighted by atomic mass is 9.72. The Kier molecular flexibility index (Phi) is 5.56. The van der Waals surface area contributed by atoms with Crippen LogP contribution in [-0.4, -0.2) is 6.54 Å². The van der Waals surface area contributed by atoms with E-state index in [1.54, 1.807) is 0 Å². The smallest absolute Gasteiger partial charge is 0.143 e. The summed E-state index contributed by atoms with van der Waals surface area (Å²) in [5.74, 6) is -0.930. The predicted octanol–water partition coefficient (Wildman–Crippen LogP) is 4.96. The maximum atomic E-state index is 14.2. The van der Waals surface area contributed by atoms with Crippen LogP contribution in [0.1, 0.15) is 50.5 Å². The predicted molar refractivity (Wildman–Crippen MR) is 81.6 cm³/mol. The number of rotatable bonds is 3. The Hall–Kier alpha value is -0.480. The first-order valence-corrected chi connectivity index (χ1v) is 8.20.